The van der Waals surface area contributed by atoms with E-state index in [9.17, 15) is 8.78 Å². The van der Waals surface area contributed by atoms with Crippen molar-refractivity contribution in [2.75, 3.05) is 13.2 Å². The maximum atomic E-state index is 15.1. The third-order valence-electron chi connectivity index (χ3n) is 7.29. The molecule has 1 heterocycles. The molecular formula is C33H36F4O2. The van der Waals surface area contributed by atoms with Crippen LogP contribution in [0.3, 0.4) is 0 Å². The van der Waals surface area contributed by atoms with E-state index in [4.69, 9.17) is 9.47 Å². The van der Waals surface area contributed by atoms with E-state index >= 15 is 8.78 Å². The maximum absolute atomic E-state index is 15.1. The van der Waals surface area contributed by atoms with Gasteiger partial charge in [0.15, 0.2) is 29.6 Å². The van der Waals surface area contributed by atoms with Crippen molar-refractivity contribution in [1.29, 1.82) is 0 Å². The molecule has 1 saturated heterocycles. The first-order chi connectivity index (χ1) is 18.9. The molecule has 208 valence electrons. The van der Waals surface area contributed by atoms with Gasteiger partial charge in [-0.15, -0.1) is 0 Å². The summed E-state index contributed by atoms with van der Waals surface area (Å²) in [5.41, 5.74) is 1.73. The molecule has 1 aliphatic heterocycles. The van der Waals surface area contributed by atoms with Gasteiger partial charge in [0, 0.05) is 23.5 Å². The molecule has 0 amide bonds. The summed E-state index contributed by atoms with van der Waals surface area (Å²) in [6.45, 7) is 4.56. The third kappa shape index (κ3) is 6.98. The Bertz CT molecular complexity index is 1260. The van der Waals surface area contributed by atoms with E-state index in [1.807, 2.05) is 19.1 Å². The monoisotopic (exact) mass is 540 g/mol. The highest BCUT2D eigenvalue weighted by molar-refractivity contribution is 5.71. The molecule has 1 fully saturated rings. The zero-order valence-corrected chi connectivity index (χ0v) is 22.6. The van der Waals surface area contributed by atoms with Gasteiger partial charge < -0.3 is 9.47 Å². The molecule has 3 aromatic carbocycles. The molecular weight excluding hydrogens is 504 g/mol. The minimum atomic E-state index is -0.958. The van der Waals surface area contributed by atoms with Gasteiger partial charge in [0.25, 0.3) is 0 Å². The summed E-state index contributed by atoms with van der Waals surface area (Å²) in [5, 5.41) is 0. The van der Waals surface area contributed by atoms with Crippen LogP contribution in [0.15, 0.2) is 60.7 Å². The average molecular weight is 541 g/mol. The summed E-state index contributed by atoms with van der Waals surface area (Å²) >= 11 is 0. The van der Waals surface area contributed by atoms with E-state index in [2.05, 4.69) is 6.92 Å². The molecule has 6 heteroatoms. The van der Waals surface area contributed by atoms with Gasteiger partial charge in [-0.25, -0.2) is 17.6 Å². The third-order valence-corrected chi connectivity index (χ3v) is 7.29. The smallest absolute Gasteiger partial charge is 0.166 e. The second kappa shape index (κ2) is 13.9. The van der Waals surface area contributed by atoms with E-state index in [1.165, 1.54) is 6.07 Å². The van der Waals surface area contributed by atoms with Gasteiger partial charge in [-0.1, -0.05) is 86.9 Å². The molecule has 0 radical (unpaired) electrons. The lowest BCUT2D eigenvalue weighted by Crippen LogP contribution is -2.31. The molecule has 4 rings (SSSR count). The Morgan fingerprint density at radius 3 is 1.97 bits per heavy atom. The minimum absolute atomic E-state index is 0.0961. The van der Waals surface area contributed by atoms with Crippen molar-refractivity contribution < 1.29 is 27.0 Å². The van der Waals surface area contributed by atoms with Crippen molar-refractivity contribution >= 4 is 0 Å². The van der Waals surface area contributed by atoms with Crippen LogP contribution in [0, 0.1) is 23.3 Å². The fraction of sp³-hybridized carbons (Fsp3) is 0.394. The van der Waals surface area contributed by atoms with E-state index in [-0.39, 0.29) is 36.2 Å². The molecule has 0 spiro atoms. The van der Waals surface area contributed by atoms with Crippen molar-refractivity contribution in [2.24, 2.45) is 0 Å². The minimum Gasteiger partial charge on any atom is -0.352 e. The molecule has 1 aliphatic rings. The van der Waals surface area contributed by atoms with Crippen LogP contribution >= 0.6 is 0 Å². The lowest BCUT2D eigenvalue weighted by atomic mass is 9.94. The first-order valence-electron chi connectivity index (χ1n) is 13.8. The predicted octanol–water partition coefficient (Wildman–Crippen LogP) is 9.51. The van der Waals surface area contributed by atoms with Gasteiger partial charge >= 0.3 is 0 Å². The van der Waals surface area contributed by atoms with Crippen LogP contribution in [0.4, 0.5) is 17.6 Å². The van der Waals surface area contributed by atoms with E-state index in [0.29, 0.717) is 29.5 Å². The fourth-order valence-electron chi connectivity index (χ4n) is 4.97. The number of aryl methyl sites for hydroxylation is 1. The normalized spacial score (nSPS) is 17.7. The molecule has 0 atom stereocenters. The number of hydrogen-bond donors (Lipinski definition) is 0. The van der Waals surface area contributed by atoms with Gasteiger partial charge in [0.2, 0.25) is 0 Å². The Morgan fingerprint density at radius 1 is 0.744 bits per heavy atom. The summed E-state index contributed by atoms with van der Waals surface area (Å²) in [7, 11) is 0. The van der Waals surface area contributed by atoms with Crippen molar-refractivity contribution in [1.82, 2.24) is 0 Å². The van der Waals surface area contributed by atoms with Crippen LogP contribution in [-0.4, -0.2) is 19.5 Å². The topological polar surface area (TPSA) is 18.5 Å². The summed E-state index contributed by atoms with van der Waals surface area (Å²) < 4.78 is 71.2. The van der Waals surface area contributed by atoms with Crippen LogP contribution in [0.5, 0.6) is 0 Å². The van der Waals surface area contributed by atoms with Gasteiger partial charge in [-0.3, -0.25) is 0 Å². The highest BCUT2D eigenvalue weighted by Crippen LogP contribution is 2.34. The molecule has 0 bridgehead atoms. The van der Waals surface area contributed by atoms with Crippen molar-refractivity contribution in [3.8, 4) is 22.3 Å². The van der Waals surface area contributed by atoms with E-state index < -0.39 is 29.2 Å². The Hall–Kier alpha value is -2.96. The van der Waals surface area contributed by atoms with Gasteiger partial charge in [-0.05, 0) is 48.4 Å². The van der Waals surface area contributed by atoms with Crippen molar-refractivity contribution in [2.45, 2.75) is 71.0 Å². The van der Waals surface area contributed by atoms with Crippen LogP contribution in [-0.2, 0) is 15.9 Å². The maximum Gasteiger partial charge on any atom is 0.166 e. The molecule has 0 unspecified atom stereocenters. The van der Waals surface area contributed by atoms with Gasteiger partial charge in [-0.2, -0.15) is 0 Å². The predicted molar refractivity (Wildman–Crippen MR) is 147 cm³/mol. The molecule has 0 saturated carbocycles. The standard InChI is InChI=1S/C33H36F4O2/c1-3-5-7-9-10-24-16-17-26(31(35)30(24)34)22-12-14-23(15-13-22)27-18-19-28(33(37)32(27)36)25-20-38-29(39-21-25)11-8-6-4-2/h4,6,12-19,25,29H,3,5,7-11,20-21H2,1-2H3/b6-4+. The molecule has 2 nitrogen and oxygen atoms in total. The summed E-state index contributed by atoms with van der Waals surface area (Å²) in [4.78, 5) is 0. The van der Waals surface area contributed by atoms with Crippen LogP contribution < -0.4 is 0 Å². The van der Waals surface area contributed by atoms with Crippen LogP contribution in [0.25, 0.3) is 22.3 Å². The number of rotatable bonds is 11. The SMILES string of the molecule is C/C=C/CCC1OCC(c2ccc(-c3ccc(-c4ccc(CCCCCC)c(F)c4F)cc3)c(F)c2F)CO1. The molecule has 0 N–H and O–H groups in total. The number of hydrogen-bond acceptors (Lipinski definition) is 2. The van der Waals surface area contributed by atoms with E-state index in [1.54, 1.807) is 42.5 Å². The van der Waals surface area contributed by atoms with Crippen LogP contribution in [0.2, 0.25) is 0 Å². The van der Waals surface area contributed by atoms with Crippen LogP contribution in [0.1, 0.15) is 69.4 Å². The summed E-state index contributed by atoms with van der Waals surface area (Å²) in [6.07, 6.45) is 9.64. The lowest BCUT2D eigenvalue weighted by molar-refractivity contribution is -0.189. The zero-order valence-electron chi connectivity index (χ0n) is 22.6. The summed E-state index contributed by atoms with van der Waals surface area (Å²) in [5.74, 6) is -4.00. The largest absolute Gasteiger partial charge is 0.352 e. The second-order valence-electron chi connectivity index (χ2n) is 10.1. The Labute approximate surface area is 228 Å². The Balaban J connectivity index is 1.46. The molecule has 3 aromatic rings. The number of halogens is 4. The molecule has 0 aromatic heterocycles. The lowest BCUT2D eigenvalue weighted by Gasteiger charge is -2.30. The number of unbranched alkanes of at least 4 members (excludes halogenated alkanes) is 3. The average Bonchev–Trinajstić information content (AvgIpc) is 2.96. The Kier molecular flexibility index (Phi) is 10.4. The highest BCUT2D eigenvalue weighted by Gasteiger charge is 2.27. The molecule has 0 aliphatic carbocycles. The summed E-state index contributed by atoms with van der Waals surface area (Å²) in [6, 6.07) is 12.7. The Morgan fingerprint density at radius 2 is 1.36 bits per heavy atom. The van der Waals surface area contributed by atoms with Gasteiger partial charge in [0.05, 0.1) is 13.2 Å². The number of allylic oxidation sites excluding steroid dienone is 2. The quantitative estimate of drug-likeness (QED) is 0.137. The van der Waals surface area contributed by atoms with Crippen molar-refractivity contribution in [3.05, 3.63) is 95.1 Å². The number of ether oxygens (including phenoxy) is 2. The van der Waals surface area contributed by atoms with Gasteiger partial charge in [0.1, 0.15) is 0 Å². The zero-order chi connectivity index (χ0) is 27.8. The first kappa shape index (κ1) is 29.0. The molecule has 39 heavy (non-hydrogen) atoms. The number of benzene rings is 3. The highest BCUT2D eigenvalue weighted by atomic mass is 19.2. The second-order valence-corrected chi connectivity index (χ2v) is 10.1. The first-order valence-corrected chi connectivity index (χ1v) is 13.8. The van der Waals surface area contributed by atoms with Crippen molar-refractivity contribution in [3.63, 3.8) is 0 Å². The van der Waals surface area contributed by atoms with E-state index in [0.717, 1.165) is 32.1 Å². The fourth-order valence-corrected chi connectivity index (χ4v) is 4.97.